The fraction of sp³-hybridized carbons (Fsp3) is 0.897. The zero-order valence-corrected chi connectivity index (χ0v) is 33.2. The molecule has 0 atom stereocenters. The Hall–Kier alpha value is -0.180. The van der Waals surface area contributed by atoms with E-state index in [4.69, 9.17) is 15.3 Å². The van der Waals surface area contributed by atoms with Gasteiger partial charge in [-0.25, -0.2) is 0 Å². The number of aliphatic hydroxyl groups is 3. The van der Waals surface area contributed by atoms with Crippen molar-refractivity contribution in [3.05, 3.63) is 12.2 Å². The number of rotatable bonds is 33. The second kappa shape index (κ2) is 50.2. The van der Waals surface area contributed by atoms with E-state index in [9.17, 15) is 19.8 Å². The van der Waals surface area contributed by atoms with E-state index in [1.54, 1.807) is 0 Å². The fourth-order valence-corrected chi connectivity index (χ4v) is 5.04. The van der Waals surface area contributed by atoms with Crippen molar-refractivity contribution in [3.8, 4) is 0 Å². The largest absolute Gasteiger partial charge is 2.00 e. The number of carbonyl (C=O) groups excluding carboxylic acids is 2. The van der Waals surface area contributed by atoms with Gasteiger partial charge in [0.2, 0.25) is 0 Å². The first-order valence-electron chi connectivity index (χ1n) is 19.3. The molecular formula is C39H76CaO7. The zero-order chi connectivity index (χ0) is 34.8. The van der Waals surface area contributed by atoms with Gasteiger partial charge in [-0.3, -0.25) is 0 Å². The minimum Gasteiger partial charge on any atom is -0.550 e. The molecule has 0 radical (unpaired) electrons. The van der Waals surface area contributed by atoms with Crippen molar-refractivity contribution in [3.63, 3.8) is 0 Å². The molecule has 47 heavy (non-hydrogen) atoms. The molecule has 0 saturated carbocycles. The Labute approximate surface area is 320 Å². The van der Waals surface area contributed by atoms with Crippen LogP contribution in [-0.4, -0.2) is 84.3 Å². The van der Waals surface area contributed by atoms with Gasteiger partial charge < -0.3 is 35.1 Å². The Morgan fingerprint density at radius 3 is 0.915 bits per heavy atom. The maximum Gasteiger partial charge on any atom is 2.00 e. The third-order valence-electron chi connectivity index (χ3n) is 8.05. The number of unbranched alkanes of at least 4 members (excludes halogenated alkanes) is 25. The van der Waals surface area contributed by atoms with Crippen LogP contribution in [0.4, 0.5) is 0 Å². The minimum atomic E-state index is -0.954. The van der Waals surface area contributed by atoms with Crippen molar-refractivity contribution in [2.75, 3.05) is 13.2 Å². The SMILES string of the molecule is CCCCCCCC/C=C\CCCCCCCC(=O)[O-].CCCCCCCCCCCCCCCCCC(=O)[O-].OCC(O)CO.[Ca+2]. The predicted octanol–water partition coefficient (Wildman–Crippen LogP) is 7.72. The summed E-state index contributed by atoms with van der Waals surface area (Å²) in [5.74, 6) is -1.82. The zero-order valence-electron chi connectivity index (χ0n) is 31.0. The van der Waals surface area contributed by atoms with Gasteiger partial charge >= 0.3 is 37.7 Å². The van der Waals surface area contributed by atoms with Gasteiger partial charge in [-0.2, -0.15) is 0 Å². The molecule has 0 amide bonds. The quantitative estimate of drug-likeness (QED) is 0.0362. The van der Waals surface area contributed by atoms with Crippen LogP contribution in [0, 0.1) is 0 Å². The number of aliphatic carboxylic acids is 2. The molecule has 0 aliphatic carbocycles. The van der Waals surface area contributed by atoms with Gasteiger partial charge in [0, 0.05) is 11.9 Å². The van der Waals surface area contributed by atoms with Crippen LogP contribution in [0.5, 0.6) is 0 Å². The number of carboxylic acid groups (broad SMARTS) is 2. The Kier molecular flexibility index (Phi) is 57.3. The molecule has 3 N–H and O–H groups in total. The first kappa shape index (κ1) is 53.6. The summed E-state index contributed by atoms with van der Waals surface area (Å²) in [6.45, 7) is 3.79. The van der Waals surface area contributed by atoms with Gasteiger partial charge in [0.1, 0.15) is 6.10 Å². The molecule has 0 saturated heterocycles. The van der Waals surface area contributed by atoms with Crippen LogP contribution in [0.1, 0.15) is 206 Å². The molecule has 8 heteroatoms. The van der Waals surface area contributed by atoms with E-state index in [2.05, 4.69) is 26.0 Å². The van der Waals surface area contributed by atoms with Crippen LogP contribution in [0.3, 0.4) is 0 Å². The first-order valence-corrected chi connectivity index (χ1v) is 19.3. The summed E-state index contributed by atoms with van der Waals surface area (Å²) in [4.78, 5) is 20.4. The molecule has 0 rings (SSSR count). The monoisotopic (exact) mass is 697 g/mol. The Morgan fingerprint density at radius 1 is 0.468 bits per heavy atom. The van der Waals surface area contributed by atoms with E-state index in [0.29, 0.717) is 0 Å². The molecule has 0 fully saturated rings. The maximum absolute atomic E-state index is 10.2. The number of carbonyl (C=O) groups is 2. The van der Waals surface area contributed by atoms with E-state index in [1.165, 1.54) is 148 Å². The summed E-state index contributed by atoms with van der Waals surface area (Å²) in [7, 11) is 0. The van der Waals surface area contributed by atoms with Crippen LogP contribution >= 0.6 is 0 Å². The summed E-state index contributed by atoms with van der Waals surface area (Å²) in [6, 6.07) is 0. The predicted molar refractivity (Wildman–Crippen MR) is 195 cm³/mol. The topological polar surface area (TPSA) is 141 Å². The summed E-state index contributed by atoms with van der Waals surface area (Å²) >= 11 is 0. The van der Waals surface area contributed by atoms with Gasteiger partial charge in [-0.15, -0.1) is 0 Å². The van der Waals surface area contributed by atoms with Crippen molar-refractivity contribution >= 4 is 49.7 Å². The van der Waals surface area contributed by atoms with Crippen LogP contribution in [0.2, 0.25) is 0 Å². The van der Waals surface area contributed by atoms with Gasteiger partial charge in [0.25, 0.3) is 0 Å². The van der Waals surface area contributed by atoms with Crippen molar-refractivity contribution in [1.82, 2.24) is 0 Å². The van der Waals surface area contributed by atoms with Crippen molar-refractivity contribution in [2.24, 2.45) is 0 Å². The Balaban J connectivity index is -0.000000329. The molecule has 7 nitrogen and oxygen atoms in total. The summed E-state index contributed by atoms with van der Waals surface area (Å²) in [5.41, 5.74) is 0. The average molecular weight is 697 g/mol. The van der Waals surface area contributed by atoms with Crippen molar-refractivity contribution < 1.29 is 35.1 Å². The van der Waals surface area contributed by atoms with E-state index in [-0.39, 0.29) is 63.8 Å². The molecule has 0 aromatic heterocycles. The van der Waals surface area contributed by atoms with Crippen LogP contribution in [0.25, 0.3) is 0 Å². The molecule has 0 spiro atoms. The van der Waals surface area contributed by atoms with E-state index >= 15 is 0 Å². The summed E-state index contributed by atoms with van der Waals surface area (Å²) < 4.78 is 0. The van der Waals surface area contributed by atoms with Gasteiger partial charge in [-0.1, -0.05) is 167 Å². The standard InChI is InChI=1S/C18H36O2.C18H34O2.C3H8O3.Ca/c2*1-2-3-4-5-6-7-8-9-10-11-12-13-14-15-16-17-18(19)20;4-1-3(6)2-5;/h2-17H2,1H3,(H,19,20);9-10H,2-8,11-17H2,1H3,(H,19,20);3-6H,1-2H2;/q;;;+2/p-2/b;10-9-;;. The summed E-state index contributed by atoms with van der Waals surface area (Å²) in [5, 5.41) is 44.5. The number of allylic oxidation sites excluding steroid dienone is 2. The molecular weight excluding hydrogens is 621 g/mol. The number of hydrogen-bond acceptors (Lipinski definition) is 7. The van der Waals surface area contributed by atoms with Crippen LogP contribution in [-0.2, 0) is 9.59 Å². The third kappa shape index (κ3) is 61.5. The normalized spacial score (nSPS) is 10.7. The van der Waals surface area contributed by atoms with Crippen molar-refractivity contribution in [1.29, 1.82) is 0 Å². The molecule has 0 aliphatic heterocycles. The smallest absolute Gasteiger partial charge is 0.550 e. The average Bonchev–Trinajstić information content (AvgIpc) is 3.04. The minimum absolute atomic E-state index is 0. The molecule has 0 bridgehead atoms. The number of hydrogen-bond donors (Lipinski definition) is 3. The number of carboxylic acids is 2. The van der Waals surface area contributed by atoms with Gasteiger partial charge in [0.15, 0.2) is 0 Å². The second-order valence-electron chi connectivity index (χ2n) is 12.8. The maximum atomic E-state index is 10.2. The van der Waals surface area contributed by atoms with Crippen LogP contribution < -0.4 is 10.2 Å². The Morgan fingerprint density at radius 2 is 0.702 bits per heavy atom. The molecule has 0 heterocycles. The molecule has 0 aliphatic rings. The van der Waals surface area contributed by atoms with Gasteiger partial charge in [0.05, 0.1) is 13.2 Å². The van der Waals surface area contributed by atoms with Crippen LogP contribution in [0.15, 0.2) is 12.2 Å². The fourth-order valence-electron chi connectivity index (χ4n) is 5.04. The second-order valence-corrected chi connectivity index (χ2v) is 12.8. The van der Waals surface area contributed by atoms with Gasteiger partial charge in [-0.05, 0) is 51.4 Å². The summed E-state index contributed by atoms with van der Waals surface area (Å²) in [6.07, 6.45) is 39.8. The molecule has 0 aromatic rings. The molecule has 0 unspecified atom stereocenters. The first-order chi connectivity index (χ1) is 22.3. The van der Waals surface area contributed by atoms with E-state index in [0.717, 1.165) is 32.1 Å². The van der Waals surface area contributed by atoms with E-state index in [1.807, 2.05) is 0 Å². The van der Waals surface area contributed by atoms with Crippen molar-refractivity contribution in [2.45, 2.75) is 213 Å². The third-order valence-corrected chi connectivity index (χ3v) is 8.05. The molecule has 276 valence electrons. The Bertz CT molecular complexity index is 612. The molecule has 0 aromatic carbocycles. The number of aliphatic hydroxyl groups excluding tert-OH is 3. The van der Waals surface area contributed by atoms with E-state index < -0.39 is 18.0 Å².